The topological polar surface area (TPSA) is 80.3 Å². The van der Waals surface area contributed by atoms with Crippen LogP contribution in [0.25, 0.3) is 0 Å². The van der Waals surface area contributed by atoms with E-state index in [9.17, 15) is 28.6 Å². The summed E-state index contributed by atoms with van der Waals surface area (Å²) in [6.45, 7) is -0.601. The van der Waals surface area contributed by atoms with Crippen LogP contribution in [0.1, 0.15) is 64.2 Å². The van der Waals surface area contributed by atoms with E-state index in [4.69, 9.17) is 0 Å². The van der Waals surface area contributed by atoms with Gasteiger partial charge in [0.1, 0.15) is 0 Å². The molecule has 0 amide bonds. The first-order valence-corrected chi connectivity index (χ1v) is 7.06. The van der Waals surface area contributed by atoms with Crippen LogP contribution in [0.2, 0.25) is 0 Å². The Bertz CT molecular complexity index is 217. The van der Waals surface area contributed by atoms with Gasteiger partial charge < -0.3 is 19.8 Å². The first-order chi connectivity index (χ1) is 9.54. The Morgan fingerprint density at radius 2 is 0.905 bits per heavy atom. The van der Waals surface area contributed by atoms with Gasteiger partial charge in [0.2, 0.25) is 0 Å². The van der Waals surface area contributed by atoms with Crippen molar-refractivity contribution in [2.24, 2.45) is 0 Å². The molecule has 0 heterocycles. The summed E-state index contributed by atoms with van der Waals surface area (Å²) < 4.78 is 22.9. The van der Waals surface area contributed by atoms with Gasteiger partial charge in [-0.25, -0.2) is 0 Å². The van der Waals surface area contributed by atoms with Crippen molar-refractivity contribution in [2.45, 2.75) is 64.2 Å². The average molecular weight is 334 g/mol. The fourth-order valence-electron chi connectivity index (χ4n) is 1.43. The van der Waals surface area contributed by atoms with Gasteiger partial charge in [0.05, 0.1) is 13.3 Å². The molecular formula is C14H24CaF2O4. The van der Waals surface area contributed by atoms with Gasteiger partial charge >= 0.3 is 37.7 Å². The first kappa shape index (κ1) is 26.0. The summed E-state index contributed by atoms with van der Waals surface area (Å²) in [5.74, 6) is -2.03. The Morgan fingerprint density at radius 1 is 0.619 bits per heavy atom. The van der Waals surface area contributed by atoms with Crippen LogP contribution >= 0.6 is 0 Å². The SMILES string of the molecule is O=C([O-])CCCCCCF.O=C([O-])CCCCCCF.[Ca+2]. The molecule has 0 saturated heterocycles. The summed E-state index contributed by atoms with van der Waals surface area (Å²) in [5, 5.41) is 19.7. The molecule has 4 nitrogen and oxygen atoms in total. The van der Waals surface area contributed by atoms with Crippen molar-refractivity contribution >= 4 is 49.7 Å². The van der Waals surface area contributed by atoms with Crippen LogP contribution in [-0.2, 0) is 9.59 Å². The summed E-state index contributed by atoms with van der Waals surface area (Å²) in [4.78, 5) is 19.7. The van der Waals surface area contributed by atoms with E-state index < -0.39 is 11.9 Å². The molecule has 0 radical (unpaired) electrons. The number of halogens is 2. The Hall–Kier alpha value is 0.0597. The molecule has 0 aromatic carbocycles. The van der Waals surface area contributed by atoms with Crippen molar-refractivity contribution < 1.29 is 28.6 Å². The predicted octanol–water partition coefficient (Wildman–Crippen LogP) is 0.932. The average Bonchev–Trinajstić information content (AvgIpc) is 2.38. The number of hydrogen-bond acceptors (Lipinski definition) is 4. The molecule has 0 fully saturated rings. The van der Waals surface area contributed by atoms with Crippen LogP contribution in [0, 0.1) is 0 Å². The molecule has 0 N–H and O–H groups in total. The minimum Gasteiger partial charge on any atom is -0.550 e. The summed E-state index contributed by atoms with van der Waals surface area (Å²) in [6.07, 6.45) is 5.67. The van der Waals surface area contributed by atoms with Crippen LogP contribution in [0.3, 0.4) is 0 Å². The summed E-state index contributed by atoms with van der Waals surface area (Å²) in [5.41, 5.74) is 0. The van der Waals surface area contributed by atoms with Crippen molar-refractivity contribution in [3.8, 4) is 0 Å². The number of rotatable bonds is 12. The van der Waals surface area contributed by atoms with Crippen LogP contribution in [-0.4, -0.2) is 63.0 Å². The van der Waals surface area contributed by atoms with Crippen molar-refractivity contribution in [2.75, 3.05) is 13.3 Å². The van der Waals surface area contributed by atoms with Crippen LogP contribution < -0.4 is 10.2 Å². The van der Waals surface area contributed by atoms with E-state index in [1.807, 2.05) is 0 Å². The maximum absolute atomic E-state index is 11.5. The maximum atomic E-state index is 11.5. The molecular weight excluding hydrogens is 310 g/mol. The van der Waals surface area contributed by atoms with E-state index in [-0.39, 0.29) is 63.9 Å². The number of carbonyl (C=O) groups is 2. The normalized spacial score (nSPS) is 9.24. The van der Waals surface area contributed by atoms with Crippen molar-refractivity contribution in [1.82, 2.24) is 0 Å². The zero-order chi connectivity index (χ0) is 15.6. The smallest absolute Gasteiger partial charge is 0.550 e. The molecule has 0 bridgehead atoms. The van der Waals surface area contributed by atoms with E-state index in [2.05, 4.69) is 0 Å². The van der Waals surface area contributed by atoms with E-state index >= 15 is 0 Å². The van der Waals surface area contributed by atoms with Crippen molar-refractivity contribution in [3.05, 3.63) is 0 Å². The molecule has 120 valence electrons. The largest absolute Gasteiger partial charge is 2.00 e. The summed E-state index contributed by atoms with van der Waals surface area (Å²) in [6, 6.07) is 0. The second-order valence-electron chi connectivity index (χ2n) is 4.45. The van der Waals surface area contributed by atoms with Gasteiger partial charge in [0, 0.05) is 11.9 Å². The molecule has 0 spiro atoms. The molecule has 0 atom stereocenters. The van der Waals surface area contributed by atoms with Crippen LogP contribution in [0.15, 0.2) is 0 Å². The molecule has 0 aliphatic carbocycles. The minimum atomic E-state index is -1.01. The van der Waals surface area contributed by atoms with Gasteiger partial charge in [-0.3, -0.25) is 8.78 Å². The third-order valence-corrected chi connectivity index (χ3v) is 2.53. The number of unbranched alkanes of at least 4 members (excludes halogenated alkanes) is 6. The molecule has 0 aliphatic rings. The Morgan fingerprint density at radius 3 is 1.14 bits per heavy atom. The van der Waals surface area contributed by atoms with E-state index in [1.54, 1.807) is 0 Å². The molecule has 0 unspecified atom stereocenters. The fraction of sp³-hybridized carbons (Fsp3) is 0.857. The second-order valence-corrected chi connectivity index (χ2v) is 4.45. The zero-order valence-corrected chi connectivity index (χ0v) is 14.8. The molecule has 0 aromatic heterocycles. The van der Waals surface area contributed by atoms with Crippen LogP contribution in [0.4, 0.5) is 8.78 Å². The Kier molecular flexibility index (Phi) is 27.6. The number of carboxylic acids is 2. The third kappa shape index (κ3) is 33.1. The van der Waals surface area contributed by atoms with Gasteiger partial charge in [-0.2, -0.15) is 0 Å². The van der Waals surface area contributed by atoms with Gasteiger partial charge in [-0.1, -0.05) is 25.7 Å². The summed E-state index contributed by atoms with van der Waals surface area (Å²) in [7, 11) is 0. The zero-order valence-electron chi connectivity index (χ0n) is 12.6. The Labute approximate surface area is 155 Å². The van der Waals surface area contributed by atoms with Gasteiger partial charge in [-0.15, -0.1) is 0 Å². The minimum absolute atomic E-state index is 0. The van der Waals surface area contributed by atoms with Crippen LogP contribution in [0.5, 0.6) is 0 Å². The number of carboxylic acid groups (broad SMARTS) is 2. The van der Waals surface area contributed by atoms with Crippen molar-refractivity contribution in [1.29, 1.82) is 0 Å². The number of aliphatic carboxylic acids is 2. The molecule has 0 saturated carbocycles. The monoisotopic (exact) mass is 334 g/mol. The molecule has 7 heteroatoms. The maximum Gasteiger partial charge on any atom is 2.00 e. The third-order valence-electron chi connectivity index (χ3n) is 2.53. The number of carbonyl (C=O) groups excluding carboxylic acids is 2. The van der Waals surface area contributed by atoms with Crippen molar-refractivity contribution in [3.63, 3.8) is 0 Å². The van der Waals surface area contributed by atoms with Gasteiger partial charge in [-0.05, 0) is 38.5 Å². The standard InChI is InChI=1S/2C7H13FO2.Ca/c2*8-6-4-2-1-3-5-7(9)10;/h2*1-6H2,(H,9,10);/q;;+2/p-2. The second kappa shape index (κ2) is 22.3. The predicted molar refractivity (Wildman–Crippen MR) is 73.9 cm³/mol. The number of alkyl halides is 2. The number of hydrogen-bond donors (Lipinski definition) is 0. The molecule has 21 heavy (non-hydrogen) atoms. The first-order valence-electron chi connectivity index (χ1n) is 7.06. The quantitative estimate of drug-likeness (QED) is 0.393. The molecule has 0 aromatic rings. The molecule has 0 aliphatic heterocycles. The van der Waals surface area contributed by atoms with E-state index in [1.165, 1.54) is 0 Å². The fourth-order valence-corrected chi connectivity index (χ4v) is 1.43. The molecule has 0 rings (SSSR count). The van der Waals surface area contributed by atoms with E-state index in [0.717, 1.165) is 25.7 Å². The van der Waals surface area contributed by atoms with Gasteiger partial charge in [0.25, 0.3) is 0 Å². The summed E-state index contributed by atoms with van der Waals surface area (Å²) >= 11 is 0. The van der Waals surface area contributed by atoms with Gasteiger partial charge in [0.15, 0.2) is 0 Å². The van der Waals surface area contributed by atoms with E-state index in [0.29, 0.717) is 25.7 Å². The Balaban J connectivity index is -0.000000295.